The summed E-state index contributed by atoms with van der Waals surface area (Å²) in [4.78, 5) is 12.1. The number of fused-ring (bicyclic) bond motifs is 1. The molecule has 1 aliphatic rings. The summed E-state index contributed by atoms with van der Waals surface area (Å²) in [5, 5.41) is 2.94. The van der Waals surface area contributed by atoms with Crippen molar-refractivity contribution in [1.29, 1.82) is 0 Å². The van der Waals surface area contributed by atoms with Crippen molar-refractivity contribution in [2.45, 2.75) is 25.4 Å². The van der Waals surface area contributed by atoms with Crippen molar-refractivity contribution < 1.29 is 14.3 Å². The van der Waals surface area contributed by atoms with Crippen LogP contribution >= 0.6 is 0 Å². The molecule has 0 aromatic heterocycles. The topological polar surface area (TPSA) is 47.6 Å². The van der Waals surface area contributed by atoms with Gasteiger partial charge in [-0.2, -0.15) is 0 Å². The van der Waals surface area contributed by atoms with Crippen molar-refractivity contribution in [2.75, 3.05) is 13.2 Å². The molecule has 2 atom stereocenters. The number of rotatable bonds is 5. The molecule has 1 amide bonds. The molecule has 4 heteroatoms. The molecule has 2 unspecified atom stereocenters. The second kappa shape index (κ2) is 7.18. The second-order valence-corrected chi connectivity index (χ2v) is 5.82. The molecule has 1 N–H and O–H groups in total. The molecule has 4 nitrogen and oxygen atoms in total. The van der Waals surface area contributed by atoms with Crippen LogP contribution in [0.25, 0.3) is 0 Å². The SMILES string of the molecule is CC(CC(=O)NCC1COc2ccccc2O1)c1ccccc1. The molecule has 0 aliphatic carbocycles. The van der Waals surface area contributed by atoms with Gasteiger partial charge in [-0.05, 0) is 23.6 Å². The first-order valence-electron chi connectivity index (χ1n) is 7.92. The highest BCUT2D eigenvalue weighted by Gasteiger charge is 2.21. The zero-order chi connectivity index (χ0) is 16.1. The van der Waals surface area contributed by atoms with Crippen LogP contribution in [0.5, 0.6) is 11.5 Å². The summed E-state index contributed by atoms with van der Waals surface area (Å²) < 4.78 is 11.5. The molecule has 120 valence electrons. The van der Waals surface area contributed by atoms with E-state index in [1.54, 1.807) is 0 Å². The van der Waals surface area contributed by atoms with Gasteiger partial charge in [-0.25, -0.2) is 0 Å². The Bertz CT molecular complexity index is 657. The average molecular weight is 311 g/mol. The largest absolute Gasteiger partial charge is 0.486 e. The van der Waals surface area contributed by atoms with Crippen LogP contribution in [0.4, 0.5) is 0 Å². The molecule has 1 heterocycles. The summed E-state index contributed by atoms with van der Waals surface area (Å²) in [7, 11) is 0. The zero-order valence-corrected chi connectivity index (χ0v) is 13.2. The smallest absolute Gasteiger partial charge is 0.220 e. The standard InChI is InChI=1S/C19H21NO3/c1-14(15-7-3-2-4-8-15)11-19(21)20-12-16-13-22-17-9-5-6-10-18(17)23-16/h2-10,14,16H,11-13H2,1H3,(H,20,21). The lowest BCUT2D eigenvalue weighted by Crippen LogP contribution is -2.40. The van der Waals surface area contributed by atoms with Gasteiger partial charge in [0.15, 0.2) is 11.5 Å². The van der Waals surface area contributed by atoms with E-state index in [1.807, 2.05) is 54.6 Å². The van der Waals surface area contributed by atoms with Crippen LogP contribution in [-0.4, -0.2) is 25.2 Å². The third kappa shape index (κ3) is 4.03. The quantitative estimate of drug-likeness (QED) is 0.923. The first-order chi connectivity index (χ1) is 11.2. The van der Waals surface area contributed by atoms with Crippen molar-refractivity contribution in [3.05, 3.63) is 60.2 Å². The molecule has 0 fully saturated rings. The fraction of sp³-hybridized carbons (Fsp3) is 0.316. The number of para-hydroxylation sites is 2. The van der Waals surface area contributed by atoms with Crippen molar-refractivity contribution in [3.8, 4) is 11.5 Å². The predicted octanol–water partition coefficient (Wildman–Crippen LogP) is 3.14. The van der Waals surface area contributed by atoms with Gasteiger partial charge in [0.2, 0.25) is 5.91 Å². The molecule has 2 aromatic carbocycles. The Morgan fingerprint density at radius 3 is 2.61 bits per heavy atom. The fourth-order valence-electron chi connectivity index (χ4n) is 2.64. The predicted molar refractivity (Wildman–Crippen MR) is 88.8 cm³/mol. The Hall–Kier alpha value is -2.49. The van der Waals surface area contributed by atoms with E-state index in [0.717, 1.165) is 11.5 Å². The number of hydrogen-bond acceptors (Lipinski definition) is 3. The van der Waals surface area contributed by atoms with E-state index < -0.39 is 0 Å². The first kappa shape index (κ1) is 15.4. The molecule has 0 radical (unpaired) electrons. The number of benzene rings is 2. The lowest BCUT2D eigenvalue weighted by Gasteiger charge is -2.26. The molecule has 0 bridgehead atoms. The Balaban J connectivity index is 1.47. The van der Waals surface area contributed by atoms with Crippen LogP contribution < -0.4 is 14.8 Å². The van der Waals surface area contributed by atoms with Crippen LogP contribution in [-0.2, 0) is 4.79 Å². The summed E-state index contributed by atoms with van der Waals surface area (Å²) in [5.74, 6) is 1.72. The Morgan fingerprint density at radius 1 is 1.13 bits per heavy atom. The minimum atomic E-state index is -0.152. The maximum absolute atomic E-state index is 12.1. The summed E-state index contributed by atoms with van der Waals surface area (Å²) in [6.45, 7) is 2.96. The van der Waals surface area contributed by atoms with E-state index in [2.05, 4.69) is 12.2 Å². The molecule has 3 rings (SSSR count). The maximum Gasteiger partial charge on any atom is 0.220 e. The number of carbonyl (C=O) groups is 1. The number of nitrogens with one attached hydrogen (secondary N) is 1. The summed E-state index contributed by atoms with van der Waals surface area (Å²) in [6.07, 6.45) is 0.314. The normalized spacial score (nSPS) is 17.3. The van der Waals surface area contributed by atoms with Gasteiger partial charge in [0.1, 0.15) is 12.7 Å². The van der Waals surface area contributed by atoms with Gasteiger partial charge in [0.25, 0.3) is 0 Å². The molecule has 23 heavy (non-hydrogen) atoms. The van der Waals surface area contributed by atoms with Gasteiger partial charge in [0, 0.05) is 6.42 Å². The van der Waals surface area contributed by atoms with E-state index in [0.29, 0.717) is 19.6 Å². The van der Waals surface area contributed by atoms with Gasteiger partial charge < -0.3 is 14.8 Å². The summed E-state index contributed by atoms with van der Waals surface area (Å²) in [6, 6.07) is 17.6. The number of amides is 1. The van der Waals surface area contributed by atoms with Gasteiger partial charge in [-0.3, -0.25) is 4.79 Å². The highest BCUT2D eigenvalue weighted by molar-refractivity contribution is 5.76. The van der Waals surface area contributed by atoms with Crippen molar-refractivity contribution in [3.63, 3.8) is 0 Å². The van der Waals surface area contributed by atoms with E-state index in [9.17, 15) is 4.79 Å². The van der Waals surface area contributed by atoms with Crippen LogP contribution in [0.2, 0.25) is 0 Å². The third-order valence-electron chi connectivity index (χ3n) is 3.95. The number of ether oxygens (including phenoxy) is 2. The van der Waals surface area contributed by atoms with Crippen LogP contribution in [0.1, 0.15) is 24.8 Å². The lowest BCUT2D eigenvalue weighted by molar-refractivity contribution is -0.121. The highest BCUT2D eigenvalue weighted by Crippen LogP contribution is 2.30. The molecule has 0 saturated heterocycles. The van der Waals surface area contributed by atoms with Crippen LogP contribution in [0, 0.1) is 0 Å². The minimum Gasteiger partial charge on any atom is -0.486 e. The zero-order valence-electron chi connectivity index (χ0n) is 13.2. The van der Waals surface area contributed by atoms with E-state index >= 15 is 0 Å². The first-order valence-corrected chi connectivity index (χ1v) is 7.92. The second-order valence-electron chi connectivity index (χ2n) is 5.82. The summed E-state index contributed by atoms with van der Waals surface area (Å²) >= 11 is 0. The van der Waals surface area contributed by atoms with Gasteiger partial charge >= 0.3 is 0 Å². The minimum absolute atomic E-state index is 0.0313. The molecule has 0 spiro atoms. The Kier molecular flexibility index (Phi) is 4.81. The fourth-order valence-corrected chi connectivity index (χ4v) is 2.64. The third-order valence-corrected chi connectivity index (χ3v) is 3.95. The summed E-state index contributed by atoms with van der Waals surface area (Å²) in [5.41, 5.74) is 1.17. The van der Waals surface area contributed by atoms with E-state index in [4.69, 9.17) is 9.47 Å². The van der Waals surface area contributed by atoms with Crippen LogP contribution in [0.15, 0.2) is 54.6 Å². The lowest BCUT2D eigenvalue weighted by atomic mass is 9.97. The number of carbonyl (C=O) groups excluding carboxylic acids is 1. The average Bonchev–Trinajstić information content (AvgIpc) is 2.60. The van der Waals surface area contributed by atoms with E-state index in [1.165, 1.54) is 5.56 Å². The van der Waals surface area contributed by atoms with Crippen molar-refractivity contribution in [1.82, 2.24) is 5.32 Å². The van der Waals surface area contributed by atoms with Crippen molar-refractivity contribution in [2.24, 2.45) is 0 Å². The van der Waals surface area contributed by atoms with Gasteiger partial charge in [0.05, 0.1) is 6.54 Å². The molecule has 1 aliphatic heterocycles. The molecule has 2 aromatic rings. The maximum atomic E-state index is 12.1. The molecular formula is C19H21NO3. The monoisotopic (exact) mass is 311 g/mol. The molecule has 0 saturated carbocycles. The highest BCUT2D eigenvalue weighted by atomic mass is 16.6. The van der Waals surface area contributed by atoms with Crippen LogP contribution in [0.3, 0.4) is 0 Å². The Labute approximate surface area is 136 Å². The number of hydrogen-bond donors (Lipinski definition) is 1. The van der Waals surface area contributed by atoms with Gasteiger partial charge in [-0.1, -0.05) is 49.4 Å². The van der Waals surface area contributed by atoms with E-state index in [-0.39, 0.29) is 17.9 Å². The Morgan fingerprint density at radius 2 is 1.83 bits per heavy atom. The van der Waals surface area contributed by atoms with Gasteiger partial charge in [-0.15, -0.1) is 0 Å². The van der Waals surface area contributed by atoms with Crippen molar-refractivity contribution >= 4 is 5.91 Å². The molecular weight excluding hydrogens is 290 g/mol.